The molecule has 1 aliphatic heterocycles. The monoisotopic (exact) mass is 218 g/mol. The number of nitrogens with two attached hydrogens (primary N) is 1. The number of nitrogens with zero attached hydrogens (tertiary/aromatic N) is 1. The van der Waals surface area contributed by atoms with Crippen molar-refractivity contribution in [1.82, 2.24) is 0 Å². The number of aryl methyl sites for hydroxylation is 1. The first-order valence-corrected chi connectivity index (χ1v) is 6.30. The predicted molar refractivity (Wildman–Crippen MR) is 70.1 cm³/mol. The van der Waals surface area contributed by atoms with Crippen LogP contribution in [0.2, 0.25) is 0 Å². The summed E-state index contributed by atoms with van der Waals surface area (Å²) in [5.74, 6) is 0.621. The lowest BCUT2D eigenvalue weighted by atomic mass is 9.95. The zero-order valence-corrected chi connectivity index (χ0v) is 10.4. The normalized spacial score (nSPS) is 15.4. The maximum atomic E-state index is 5.65. The van der Waals surface area contributed by atoms with Crippen LogP contribution < -0.4 is 10.6 Å². The molecule has 0 saturated carbocycles. The molecule has 1 aromatic rings. The maximum Gasteiger partial charge on any atom is 0.0399 e. The highest BCUT2D eigenvalue weighted by atomic mass is 15.1. The highest BCUT2D eigenvalue weighted by Crippen LogP contribution is 2.29. The van der Waals surface area contributed by atoms with Gasteiger partial charge in [-0.05, 0) is 36.0 Å². The van der Waals surface area contributed by atoms with Crippen molar-refractivity contribution in [3.05, 3.63) is 29.3 Å². The summed E-state index contributed by atoms with van der Waals surface area (Å²) >= 11 is 0. The van der Waals surface area contributed by atoms with E-state index in [0.29, 0.717) is 5.92 Å². The summed E-state index contributed by atoms with van der Waals surface area (Å²) < 4.78 is 0. The Bertz CT molecular complexity index is 358. The summed E-state index contributed by atoms with van der Waals surface area (Å²) in [7, 11) is 0. The van der Waals surface area contributed by atoms with E-state index in [1.807, 2.05) is 0 Å². The first kappa shape index (κ1) is 11.5. The topological polar surface area (TPSA) is 29.3 Å². The molecule has 2 nitrogen and oxygen atoms in total. The third-order valence-electron chi connectivity index (χ3n) is 3.38. The van der Waals surface area contributed by atoms with Crippen LogP contribution in [0.25, 0.3) is 0 Å². The van der Waals surface area contributed by atoms with Gasteiger partial charge in [0.2, 0.25) is 0 Å². The van der Waals surface area contributed by atoms with E-state index >= 15 is 0 Å². The Labute approximate surface area is 98.4 Å². The average molecular weight is 218 g/mol. The molecule has 0 radical (unpaired) electrons. The third kappa shape index (κ3) is 2.22. The lowest BCUT2D eigenvalue weighted by Crippen LogP contribution is -2.33. The van der Waals surface area contributed by atoms with E-state index in [0.717, 1.165) is 19.6 Å². The van der Waals surface area contributed by atoms with Gasteiger partial charge in [0, 0.05) is 25.3 Å². The molecule has 0 amide bonds. The van der Waals surface area contributed by atoms with Gasteiger partial charge < -0.3 is 10.6 Å². The third-order valence-corrected chi connectivity index (χ3v) is 3.38. The largest absolute Gasteiger partial charge is 0.370 e. The van der Waals surface area contributed by atoms with E-state index in [9.17, 15) is 0 Å². The summed E-state index contributed by atoms with van der Waals surface area (Å²) in [5.41, 5.74) is 10.0. The van der Waals surface area contributed by atoms with Crippen molar-refractivity contribution in [2.75, 3.05) is 24.5 Å². The summed E-state index contributed by atoms with van der Waals surface area (Å²) in [6.45, 7) is 7.38. The molecule has 0 aliphatic carbocycles. The minimum absolute atomic E-state index is 0.621. The molecular formula is C14H22N2. The summed E-state index contributed by atoms with van der Waals surface area (Å²) in [6, 6.07) is 6.92. The van der Waals surface area contributed by atoms with Gasteiger partial charge in [-0.2, -0.15) is 0 Å². The Morgan fingerprint density at radius 1 is 1.38 bits per heavy atom. The molecule has 1 aliphatic rings. The molecule has 2 heteroatoms. The summed E-state index contributed by atoms with van der Waals surface area (Å²) in [6.07, 6.45) is 2.48. The van der Waals surface area contributed by atoms with Gasteiger partial charge in [0.1, 0.15) is 0 Å². The Morgan fingerprint density at radius 2 is 2.19 bits per heavy atom. The van der Waals surface area contributed by atoms with E-state index < -0.39 is 0 Å². The van der Waals surface area contributed by atoms with Crippen LogP contribution >= 0.6 is 0 Å². The number of hydrogen-bond donors (Lipinski definition) is 1. The zero-order valence-electron chi connectivity index (χ0n) is 10.4. The van der Waals surface area contributed by atoms with E-state index in [4.69, 9.17) is 5.73 Å². The Kier molecular flexibility index (Phi) is 3.49. The standard InChI is InChI=1S/C14H22N2/c1-11(2)12-5-6-14-13(10-12)4-3-8-16(14)9-7-15/h5-6,10-11H,3-4,7-9,15H2,1-2H3. The maximum absolute atomic E-state index is 5.65. The number of benzene rings is 1. The van der Waals surface area contributed by atoms with Crippen LogP contribution in [0.3, 0.4) is 0 Å². The molecule has 16 heavy (non-hydrogen) atoms. The molecule has 0 saturated heterocycles. The van der Waals surface area contributed by atoms with Crippen molar-refractivity contribution in [2.45, 2.75) is 32.6 Å². The highest BCUT2D eigenvalue weighted by Gasteiger charge is 2.16. The fourth-order valence-electron chi connectivity index (χ4n) is 2.44. The van der Waals surface area contributed by atoms with E-state index in [2.05, 4.69) is 36.9 Å². The Morgan fingerprint density at radius 3 is 2.88 bits per heavy atom. The second-order valence-corrected chi connectivity index (χ2v) is 4.92. The van der Waals surface area contributed by atoms with Gasteiger partial charge in [0.25, 0.3) is 0 Å². The fourth-order valence-corrected chi connectivity index (χ4v) is 2.44. The van der Waals surface area contributed by atoms with Gasteiger partial charge >= 0.3 is 0 Å². The summed E-state index contributed by atoms with van der Waals surface area (Å²) in [5, 5.41) is 0. The molecule has 1 heterocycles. The van der Waals surface area contributed by atoms with Crippen LogP contribution in [0.15, 0.2) is 18.2 Å². The van der Waals surface area contributed by atoms with E-state index in [1.54, 1.807) is 0 Å². The first-order valence-electron chi connectivity index (χ1n) is 6.30. The molecule has 0 atom stereocenters. The highest BCUT2D eigenvalue weighted by molar-refractivity contribution is 5.57. The van der Waals surface area contributed by atoms with E-state index in [-0.39, 0.29) is 0 Å². The fraction of sp³-hybridized carbons (Fsp3) is 0.571. The second kappa shape index (κ2) is 4.88. The van der Waals surface area contributed by atoms with Crippen molar-refractivity contribution in [2.24, 2.45) is 5.73 Å². The summed E-state index contributed by atoms with van der Waals surface area (Å²) in [4.78, 5) is 2.42. The molecule has 2 rings (SSSR count). The van der Waals surface area contributed by atoms with Crippen molar-refractivity contribution < 1.29 is 0 Å². The smallest absolute Gasteiger partial charge is 0.0399 e. The molecule has 0 aromatic heterocycles. The van der Waals surface area contributed by atoms with Gasteiger partial charge in [-0.3, -0.25) is 0 Å². The Hall–Kier alpha value is -1.02. The van der Waals surface area contributed by atoms with Gasteiger partial charge in [-0.15, -0.1) is 0 Å². The molecule has 0 bridgehead atoms. The van der Waals surface area contributed by atoms with Gasteiger partial charge in [-0.1, -0.05) is 26.0 Å². The first-order chi connectivity index (χ1) is 7.72. The number of anilines is 1. The number of fused-ring (bicyclic) bond motifs is 1. The van der Waals surface area contributed by atoms with Gasteiger partial charge in [-0.25, -0.2) is 0 Å². The molecule has 0 unspecified atom stereocenters. The number of rotatable bonds is 3. The van der Waals surface area contributed by atoms with Crippen LogP contribution in [-0.2, 0) is 6.42 Å². The van der Waals surface area contributed by atoms with Crippen molar-refractivity contribution >= 4 is 5.69 Å². The average Bonchev–Trinajstić information content (AvgIpc) is 2.29. The van der Waals surface area contributed by atoms with Crippen LogP contribution in [0.4, 0.5) is 5.69 Å². The SMILES string of the molecule is CC(C)c1ccc2c(c1)CCCN2CCN. The molecule has 88 valence electrons. The Balaban J connectivity index is 2.29. The van der Waals surface area contributed by atoms with Crippen LogP contribution in [0, 0.1) is 0 Å². The van der Waals surface area contributed by atoms with Crippen molar-refractivity contribution in [1.29, 1.82) is 0 Å². The zero-order chi connectivity index (χ0) is 11.5. The quantitative estimate of drug-likeness (QED) is 0.844. The van der Waals surface area contributed by atoms with E-state index in [1.165, 1.54) is 29.7 Å². The molecular weight excluding hydrogens is 196 g/mol. The van der Waals surface area contributed by atoms with Crippen LogP contribution in [0.1, 0.15) is 37.3 Å². The molecule has 1 aromatic carbocycles. The van der Waals surface area contributed by atoms with Gasteiger partial charge in [0.05, 0.1) is 0 Å². The number of hydrogen-bond acceptors (Lipinski definition) is 2. The minimum atomic E-state index is 0.621. The second-order valence-electron chi connectivity index (χ2n) is 4.92. The van der Waals surface area contributed by atoms with Crippen molar-refractivity contribution in [3.8, 4) is 0 Å². The molecule has 0 fully saturated rings. The minimum Gasteiger partial charge on any atom is -0.370 e. The predicted octanol–water partition coefficient (Wildman–Crippen LogP) is 2.52. The molecule has 0 spiro atoms. The lowest BCUT2D eigenvalue weighted by molar-refractivity contribution is 0.690. The molecule has 2 N–H and O–H groups in total. The van der Waals surface area contributed by atoms with Crippen LogP contribution in [-0.4, -0.2) is 19.6 Å². The van der Waals surface area contributed by atoms with Crippen molar-refractivity contribution in [3.63, 3.8) is 0 Å². The van der Waals surface area contributed by atoms with Crippen LogP contribution in [0.5, 0.6) is 0 Å². The lowest BCUT2D eigenvalue weighted by Gasteiger charge is -2.31. The van der Waals surface area contributed by atoms with Gasteiger partial charge in [0.15, 0.2) is 0 Å².